The van der Waals surface area contributed by atoms with Crippen molar-refractivity contribution in [1.82, 2.24) is 19.6 Å². The van der Waals surface area contributed by atoms with E-state index in [-0.39, 0.29) is 11.3 Å². The molecule has 1 aliphatic heterocycles. The van der Waals surface area contributed by atoms with Crippen LogP contribution in [0, 0.1) is 28.9 Å². The Morgan fingerprint density at radius 2 is 1.97 bits per heavy atom. The topological polar surface area (TPSA) is 46.3 Å². The van der Waals surface area contributed by atoms with Gasteiger partial charge in [-0.15, -0.1) is 10.2 Å². The van der Waals surface area contributed by atoms with Gasteiger partial charge in [0.2, 0.25) is 0 Å². The van der Waals surface area contributed by atoms with Crippen molar-refractivity contribution in [3.63, 3.8) is 0 Å². The summed E-state index contributed by atoms with van der Waals surface area (Å²) in [4.78, 5) is 6.45. The summed E-state index contributed by atoms with van der Waals surface area (Å²) >= 11 is 0. The zero-order chi connectivity index (χ0) is 22.7. The van der Waals surface area contributed by atoms with Gasteiger partial charge in [0.1, 0.15) is 18.0 Å². The number of aromatic nitrogens is 4. The number of anilines is 2. The van der Waals surface area contributed by atoms with Crippen molar-refractivity contribution in [2.75, 3.05) is 11.4 Å². The van der Waals surface area contributed by atoms with Crippen LogP contribution in [-0.2, 0) is 6.42 Å². The standard InChI is InChI=1S/C24H17F4N5/c25-15-11-17-20(18(26)12-15)33-13-29-31-23(33)30-21(17)32-10-2-4-16-14(3-1-5-19(16)32)6-7-24(8-9-24)22(27)28/h1,3,5,11-13,22H,2,4,8-10H2. The molecular weight excluding hydrogens is 434 g/mol. The first kappa shape index (κ1) is 20.0. The van der Waals surface area contributed by atoms with Crippen LogP contribution in [0.15, 0.2) is 36.7 Å². The van der Waals surface area contributed by atoms with Gasteiger partial charge in [-0.1, -0.05) is 17.9 Å². The first-order chi connectivity index (χ1) is 16.0. The van der Waals surface area contributed by atoms with E-state index in [1.165, 1.54) is 16.8 Å². The lowest BCUT2D eigenvalue weighted by Gasteiger charge is -2.32. The molecule has 166 valence electrons. The third-order valence-electron chi connectivity index (χ3n) is 6.40. The fourth-order valence-corrected chi connectivity index (χ4v) is 4.49. The third kappa shape index (κ3) is 3.12. The minimum Gasteiger partial charge on any atom is -0.325 e. The second kappa shape index (κ2) is 7.17. The van der Waals surface area contributed by atoms with E-state index < -0.39 is 23.5 Å². The minimum atomic E-state index is -2.46. The van der Waals surface area contributed by atoms with Crippen molar-refractivity contribution >= 4 is 28.2 Å². The molecule has 1 fully saturated rings. The molecule has 0 amide bonds. The average molecular weight is 451 g/mol. The first-order valence-electron chi connectivity index (χ1n) is 10.7. The molecule has 2 aromatic carbocycles. The summed E-state index contributed by atoms with van der Waals surface area (Å²) in [6.07, 6.45) is 1.14. The summed E-state index contributed by atoms with van der Waals surface area (Å²) in [7, 11) is 0. The van der Waals surface area contributed by atoms with Crippen molar-refractivity contribution in [2.45, 2.75) is 32.1 Å². The molecule has 0 saturated heterocycles. The Morgan fingerprint density at radius 1 is 1.12 bits per heavy atom. The van der Waals surface area contributed by atoms with Crippen LogP contribution in [0.25, 0.3) is 16.7 Å². The zero-order valence-corrected chi connectivity index (χ0v) is 17.3. The van der Waals surface area contributed by atoms with Gasteiger partial charge in [-0.05, 0) is 49.4 Å². The summed E-state index contributed by atoms with van der Waals surface area (Å²) in [5, 5.41) is 8.07. The molecular formula is C24H17F4N5. The fourth-order valence-electron chi connectivity index (χ4n) is 4.49. The summed E-state index contributed by atoms with van der Waals surface area (Å²) in [6, 6.07) is 7.58. The zero-order valence-electron chi connectivity index (χ0n) is 17.3. The molecule has 1 saturated carbocycles. The van der Waals surface area contributed by atoms with Crippen LogP contribution in [0.1, 0.15) is 30.4 Å². The summed E-state index contributed by atoms with van der Waals surface area (Å²) in [5.74, 6) is 4.89. The Morgan fingerprint density at radius 3 is 2.76 bits per heavy atom. The molecule has 6 rings (SSSR count). The third-order valence-corrected chi connectivity index (χ3v) is 6.40. The van der Waals surface area contributed by atoms with Gasteiger partial charge in [0.25, 0.3) is 12.2 Å². The highest BCUT2D eigenvalue weighted by molar-refractivity contribution is 5.94. The van der Waals surface area contributed by atoms with E-state index in [2.05, 4.69) is 27.0 Å². The maximum atomic E-state index is 14.8. The predicted molar refractivity (Wildman–Crippen MR) is 115 cm³/mol. The molecule has 2 aromatic heterocycles. The molecule has 1 aliphatic carbocycles. The molecule has 3 heterocycles. The number of hydrogen-bond donors (Lipinski definition) is 0. The Labute approximate surface area is 186 Å². The van der Waals surface area contributed by atoms with Gasteiger partial charge >= 0.3 is 0 Å². The van der Waals surface area contributed by atoms with Gasteiger partial charge < -0.3 is 4.90 Å². The number of nitrogens with zero attached hydrogens (tertiary/aromatic N) is 5. The maximum absolute atomic E-state index is 14.8. The smallest absolute Gasteiger partial charge is 0.257 e. The molecule has 0 atom stereocenters. The van der Waals surface area contributed by atoms with Crippen LogP contribution in [0.2, 0.25) is 0 Å². The lowest BCUT2D eigenvalue weighted by atomic mass is 9.95. The van der Waals surface area contributed by atoms with Crippen LogP contribution in [-0.4, -0.2) is 32.6 Å². The van der Waals surface area contributed by atoms with Crippen molar-refractivity contribution < 1.29 is 17.6 Å². The lowest BCUT2D eigenvalue weighted by Crippen LogP contribution is -2.26. The van der Waals surface area contributed by atoms with Gasteiger partial charge in [0.15, 0.2) is 5.82 Å². The summed E-state index contributed by atoms with van der Waals surface area (Å²) in [5.41, 5.74) is 1.33. The lowest BCUT2D eigenvalue weighted by molar-refractivity contribution is 0.0921. The van der Waals surface area contributed by atoms with E-state index >= 15 is 0 Å². The number of benzene rings is 2. The van der Waals surface area contributed by atoms with E-state index in [1.54, 1.807) is 0 Å². The molecule has 9 heteroatoms. The highest BCUT2D eigenvalue weighted by Crippen LogP contribution is 2.50. The Hall–Kier alpha value is -3.67. The van der Waals surface area contributed by atoms with E-state index in [1.807, 2.05) is 23.1 Å². The fraction of sp³-hybridized carbons (Fsp3) is 0.292. The van der Waals surface area contributed by atoms with Crippen LogP contribution < -0.4 is 4.90 Å². The van der Waals surface area contributed by atoms with Crippen LogP contribution >= 0.6 is 0 Å². The van der Waals surface area contributed by atoms with Gasteiger partial charge in [-0.2, -0.15) is 4.98 Å². The highest BCUT2D eigenvalue weighted by atomic mass is 19.3. The number of halogens is 4. The summed E-state index contributed by atoms with van der Waals surface area (Å²) < 4.78 is 57.0. The minimum absolute atomic E-state index is 0.136. The normalized spacial score (nSPS) is 16.7. The van der Waals surface area contributed by atoms with Gasteiger partial charge in [-0.25, -0.2) is 17.6 Å². The number of alkyl halides is 2. The SMILES string of the molecule is Fc1cc(F)c2c(c1)c(N1CCCc3c(C#CC4(C(F)F)CC4)cccc31)nc1nncn12. The Kier molecular flexibility index (Phi) is 4.34. The molecule has 5 nitrogen and oxygen atoms in total. The molecule has 0 bridgehead atoms. The van der Waals surface area contributed by atoms with Crippen molar-refractivity contribution in [1.29, 1.82) is 0 Å². The van der Waals surface area contributed by atoms with E-state index in [9.17, 15) is 17.6 Å². The first-order valence-corrected chi connectivity index (χ1v) is 10.7. The Bertz CT molecular complexity index is 1480. The van der Waals surface area contributed by atoms with Crippen molar-refractivity contribution in [2.24, 2.45) is 5.41 Å². The van der Waals surface area contributed by atoms with Gasteiger partial charge in [0.05, 0.1) is 10.9 Å². The highest BCUT2D eigenvalue weighted by Gasteiger charge is 2.50. The second-order valence-electron chi connectivity index (χ2n) is 8.49. The average Bonchev–Trinajstić information content (AvgIpc) is 3.46. The largest absolute Gasteiger partial charge is 0.325 e. The molecule has 2 aliphatic rings. The number of hydrogen-bond acceptors (Lipinski definition) is 4. The Balaban J connectivity index is 1.53. The number of fused-ring (bicyclic) bond motifs is 4. The molecule has 0 spiro atoms. The quantitative estimate of drug-likeness (QED) is 0.317. The van der Waals surface area contributed by atoms with Crippen molar-refractivity contribution in [3.8, 4) is 11.8 Å². The molecule has 0 unspecified atom stereocenters. The van der Waals surface area contributed by atoms with Crippen LogP contribution in [0.4, 0.5) is 29.1 Å². The van der Waals surface area contributed by atoms with E-state index in [0.29, 0.717) is 42.6 Å². The molecule has 0 N–H and O–H groups in total. The number of rotatable bonds is 2. The predicted octanol–water partition coefficient (Wildman–Crippen LogP) is 5.04. The monoisotopic (exact) mass is 451 g/mol. The van der Waals surface area contributed by atoms with Crippen LogP contribution in [0.5, 0.6) is 0 Å². The van der Waals surface area contributed by atoms with E-state index in [0.717, 1.165) is 23.7 Å². The van der Waals surface area contributed by atoms with Crippen molar-refractivity contribution in [3.05, 3.63) is 59.4 Å². The van der Waals surface area contributed by atoms with Gasteiger partial charge in [0, 0.05) is 29.2 Å². The maximum Gasteiger partial charge on any atom is 0.257 e. The second-order valence-corrected chi connectivity index (χ2v) is 8.49. The van der Waals surface area contributed by atoms with E-state index in [4.69, 9.17) is 0 Å². The van der Waals surface area contributed by atoms with Crippen LogP contribution in [0.3, 0.4) is 0 Å². The molecule has 0 radical (unpaired) electrons. The summed E-state index contributed by atoms with van der Waals surface area (Å²) in [6.45, 7) is 0.565. The van der Waals surface area contributed by atoms with Gasteiger partial charge in [-0.3, -0.25) is 4.40 Å². The molecule has 4 aromatic rings. The molecule has 33 heavy (non-hydrogen) atoms.